The molecular formula is C15H16N4O3. The van der Waals surface area contributed by atoms with Crippen molar-refractivity contribution in [1.29, 1.82) is 5.26 Å². The maximum atomic E-state index is 11.0. The molecule has 1 aliphatic heterocycles. The maximum Gasteiger partial charge on any atom is 0.270 e. The number of hydrogen-bond acceptors (Lipinski definition) is 5. The van der Waals surface area contributed by atoms with Gasteiger partial charge in [0.25, 0.3) is 5.69 Å². The van der Waals surface area contributed by atoms with Crippen molar-refractivity contribution >= 4 is 17.2 Å². The van der Waals surface area contributed by atoms with Gasteiger partial charge in [-0.25, -0.2) is 4.99 Å². The van der Waals surface area contributed by atoms with Crippen LogP contribution in [0.4, 0.5) is 5.69 Å². The van der Waals surface area contributed by atoms with E-state index in [0.717, 1.165) is 0 Å². The minimum absolute atomic E-state index is 0.0329. The van der Waals surface area contributed by atoms with E-state index in [1.165, 1.54) is 12.1 Å². The Morgan fingerprint density at radius 3 is 2.86 bits per heavy atom. The first-order valence-electron chi connectivity index (χ1n) is 6.79. The van der Waals surface area contributed by atoms with Crippen molar-refractivity contribution in [2.45, 2.75) is 32.8 Å². The molecule has 0 spiro atoms. The molecule has 1 aromatic carbocycles. The zero-order valence-electron chi connectivity index (χ0n) is 12.6. The van der Waals surface area contributed by atoms with Crippen LogP contribution < -0.4 is 10.1 Å². The van der Waals surface area contributed by atoms with Crippen LogP contribution in [-0.4, -0.2) is 16.4 Å². The highest BCUT2D eigenvalue weighted by molar-refractivity contribution is 5.90. The second-order valence-electron chi connectivity index (χ2n) is 5.32. The van der Waals surface area contributed by atoms with E-state index < -0.39 is 10.5 Å². The lowest BCUT2D eigenvalue weighted by Crippen LogP contribution is -2.29. The Hall–Kier alpha value is -2.88. The van der Waals surface area contributed by atoms with Crippen molar-refractivity contribution in [1.82, 2.24) is 5.32 Å². The molecule has 22 heavy (non-hydrogen) atoms. The summed E-state index contributed by atoms with van der Waals surface area (Å²) in [7, 11) is 0. The van der Waals surface area contributed by atoms with Crippen LogP contribution in [0.1, 0.15) is 32.8 Å². The lowest BCUT2D eigenvalue weighted by molar-refractivity contribution is -0.384. The van der Waals surface area contributed by atoms with Gasteiger partial charge in [0.2, 0.25) is 0 Å². The number of aliphatic imine (C=N–C) groups is 1. The Balaban J connectivity index is 2.57. The number of non-ortho nitro benzene ring substituents is 1. The molecular weight excluding hydrogens is 284 g/mol. The zero-order chi connectivity index (χ0) is 16.3. The number of fused-ring (bicyclic) bond motifs is 1. The number of benzene rings is 1. The molecule has 0 saturated carbocycles. The number of rotatable bonds is 3. The van der Waals surface area contributed by atoms with E-state index in [4.69, 9.17) is 10.00 Å². The average Bonchev–Trinajstić information content (AvgIpc) is 2.45. The fourth-order valence-corrected chi connectivity index (χ4v) is 2.14. The van der Waals surface area contributed by atoms with Gasteiger partial charge in [-0.3, -0.25) is 15.4 Å². The third-order valence-electron chi connectivity index (χ3n) is 3.10. The summed E-state index contributed by atoms with van der Waals surface area (Å²) in [5.41, 5.74) is 0.469. The predicted molar refractivity (Wildman–Crippen MR) is 82.3 cm³/mol. The average molecular weight is 300 g/mol. The van der Waals surface area contributed by atoms with Crippen LogP contribution in [0.25, 0.3) is 5.70 Å². The van der Waals surface area contributed by atoms with Gasteiger partial charge in [0.1, 0.15) is 17.2 Å². The van der Waals surface area contributed by atoms with E-state index >= 15 is 0 Å². The van der Waals surface area contributed by atoms with Crippen LogP contribution in [0.5, 0.6) is 5.75 Å². The summed E-state index contributed by atoms with van der Waals surface area (Å²) in [4.78, 5) is 14.9. The van der Waals surface area contributed by atoms with Crippen LogP contribution in [-0.2, 0) is 0 Å². The molecule has 0 radical (unpaired) electrons. The van der Waals surface area contributed by atoms with E-state index in [0.29, 0.717) is 29.3 Å². The Morgan fingerprint density at radius 1 is 1.55 bits per heavy atom. The van der Waals surface area contributed by atoms with Gasteiger partial charge in [0, 0.05) is 24.1 Å². The minimum atomic E-state index is -0.590. The molecule has 0 bridgehead atoms. The summed E-state index contributed by atoms with van der Waals surface area (Å²) in [6.07, 6.45) is 4.16. The molecule has 7 heteroatoms. The molecule has 7 nitrogen and oxygen atoms in total. The first-order valence-corrected chi connectivity index (χ1v) is 6.79. The van der Waals surface area contributed by atoms with E-state index in [2.05, 4.69) is 10.3 Å². The number of nitrogens with one attached hydrogen (secondary N) is 1. The first-order chi connectivity index (χ1) is 10.4. The molecule has 0 atom stereocenters. The number of nitro groups is 1. The van der Waals surface area contributed by atoms with Crippen molar-refractivity contribution in [2.75, 3.05) is 0 Å². The second-order valence-corrected chi connectivity index (χ2v) is 5.32. The monoisotopic (exact) mass is 300 g/mol. The summed E-state index contributed by atoms with van der Waals surface area (Å²) < 4.78 is 5.81. The van der Waals surface area contributed by atoms with Crippen molar-refractivity contribution < 1.29 is 9.66 Å². The van der Waals surface area contributed by atoms with Crippen LogP contribution in [0.15, 0.2) is 29.3 Å². The Labute approximate surface area is 128 Å². The molecule has 1 N–H and O–H groups in total. The summed E-state index contributed by atoms with van der Waals surface area (Å²) in [5, 5.41) is 22.2. The molecule has 0 fully saturated rings. The van der Waals surface area contributed by atoms with Gasteiger partial charge >= 0.3 is 0 Å². The van der Waals surface area contributed by atoms with Gasteiger partial charge in [-0.2, -0.15) is 5.26 Å². The van der Waals surface area contributed by atoms with Gasteiger partial charge in [-0.05, 0) is 26.0 Å². The van der Waals surface area contributed by atoms with Gasteiger partial charge in [0.05, 0.1) is 10.6 Å². The molecule has 1 aromatic rings. The standard InChI is InChI=1S/C15H16N4O3/c1-4-14(17-9-16)18-12-8-15(2,3)22-13-6-5-10(19(20)21)7-11(12)13/h5-8H,4H2,1-3H3,(H,17,18). The quantitative estimate of drug-likeness (QED) is 0.231. The van der Waals surface area contributed by atoms with Gasteiger partial charge in [-0.15, -0.1) is 0 Å². The van der Waals surface area contributed by atoms with E-state index in [9.17, 15) is 10.1 Å². The smallest absolute Gasteiger partial charge is 0.270 e. The molecule has 0 unspecified atom stereocenters. The summed E-state index contributed by atoms with van der Waals surface area (Å²) in [5.74, 6) is 1.02. The topological polar surface area (TPSA) is 101 Å². The Morgan fingerprint density at radius 2 is 2.27 bits per heavy atom. The van der Waals surface area contributed by atoms with E-state index in [-0.39, 0.29) is 5.69 Å². The highest BCUT2D eigenvalue weighted by atomic mass is 16.6. The first kappa shape index (κ1) is 15.5. The number of amidine groups is 1. The third kappa shape index (κ3) is 3.23. The molecule has 0 amide bonds. The van der Waals surface area contributed by atoms with E-state index in [1.54, 1.807) is 12.1 Å². The maximum absolute atomic E-state index is 11.0. The number of nitrogens with zero attached hydrogens (tertiary/aromatic N) is 3. The number of nitriles is 1. The third-order valence-corrected chi connectivity index (χ3v) is 3.10. The molecule has 2 rings (SSSR count). The van der Waals surface area contributed by atoms with Gasteiger partial charge < -0.3 is 4.74 Å². The normalized spacial score (nSPS) is 15.9. The molecule has 114 valence electrons. The van der Waals surface area contributed by atoms with E-state index in [1.807, 2.05) is 27.0 Å². The highest BCUT2D eigenvalue weighted by Gasteiger charge is 2.28. The molecule has 0 aliphatic carbocycles. The highest BCUT2D eigenvalue weighted by Crippen LogP contribution is 2.38. The SMILES string of the molecule is CCC(=NC1=CC(C)(C)Oc2ccc([N+](=O)[O-])cc21)NC#N. The Bertz CT molecular complexity index is 714. The fraction of sp³-hybridized carbons (Fsp3) is 0.333. The summed E-state index contributed by atoms with van der Waals surface area (Å²) >= 11 is 0. The predicted octanol–water partition coefficient (Wildman–Crippen LogP) is 2.99. The minimum Gasteiger partial charge on any atom is -0.483 e. The number of nitro benzene ring substituents is 1. The zero-order valence-corrected chi connectivity index (χ0v) is 12.6. The Kier molecular flexibility index (Phi) is 4.13. The van der Waals surface area contributed by atoms with Crippen molar-refractivity contribution in [3.05, 3.63) is 40.0 Å². The van der Waals surface area contributed by atoms with Gasteiger partial charge in [0.15, 0.2) is 6.19 Å². The summed E-state index contributed by atoms with van der Waals surface area (Å²) in [6.45, 7) is 5.61. The summed E-state index contributed by atoms with van der Waals surface area (Å²) in [6, 6.07) is 4.40. The van der Waals surface area contributed by atoms with Gasteiger partial charge in [-0.1, -0.05) is 6.92 Å². The number of hydrogen-bond donors (Lipinski definition) is 1. The van der Waals surface area contributed by atoms with Crippen LogP contribution >= 0.6 is 0 Å². The van der Waals surface area contributed by atoms with Crippen molar-refractivity contribution in [3.63, 3.8) is 0 Å². The molecule has 1 aliphatic rings. The van der Waals surface area contributed by atoms with Crippen molar-refractivity contribution in [3.8, 4) is 11.9 Å². The second kappa shape index (κ2) is 5.85. The molecule has 0 aromatic heterocycles. The largest absolute Gasteiger partial charge is 0.483 e. The molecule has 1 heterocycles. The number of ether oxygens (including phenoxy) is 1. The van der Waals surface area contributed by atoms with Crippen LogP contribution in [0.3, 0.4) is 0 Å². The lowest BCUT2D eigenvalue weighted by Gasteiger charge is -2.29. The fourth-order valence-electron chi connectivity index (χ4n) is 2.14. The lowest BCUT2D eigenvalue weighted by atomic mass is 9.99. The molecule has 0 saturated heterocycles. The van der Waals surface area contributed by atoms with Crippen LogP contribution in [0, 0.1) is 21.6 Å². The van der Waals surface area contributed by atoms with Crippen LogP contribution in [0.2, 0.25) is 0 Å². The van der Waals surface area contributed by atoms with Crippen molar-refractivity contribution in [2.24, 2.45) is 4.99 Å².